The molecule has 0 saturated heterocycles. The van der Waals surface area contributed by atoms with Crippen LogP contribution in [0.3, 0.4) is 0 Å². The van der Waals surface area contributed by atoms with Crippen molar-refractivity contribution in [2.24, 2.45) is 0 Å². The minimum atomic E-state index is -0.137. The number of thiophene rings is 1. The number of aromatic hydroxyl groups is 1. The van der Waals surface area contributed by atoms with Gasteiger partial charge in [-0.3, -0.25) is 4.79 Å². The summed E-state index contributed by atoms with van der Waals surface area (Å²) in [5, 5.41) is 12.9. The van der Waals surface area contributed by atoms with Crippen molar-refractivity contribution in [3.63, 3.8) is 0 Å². The SMILES string of the molecule is Br.Cc1cccc2c1[nH]c(=O)c1scc(O)c12. The lowest BCUT2D eigenvalue weighted by Crippen LogP contribution is -2.04. The summed E-state index contributed by atoms with van der Waals surface area (Å²) in [7, 11) is 0. The van der Waals surface area contributed by atoms with Crippen LogP contribution in [-0.4, -0.2) is 10.1 Å². The molecule has 3 rings (SSSR count). The zero-order valence-corrected chi connectivity index (χ0v) is 11.5. The number of rotatable bonds is 0. The second-order valence-corrected chi connectivity index (χ2v) is 4.66. The molecule has 3 nitrogen and oxygen atoms in total. The maximum atomic E-state index is 11.8. The molecule has 0 fully saturated rings. The van der Waals surface area contributed by atoms with Crippen LogP contribution in [0.2, 0.25) is 0 Å². The van der Waals surface area contributed by atoms with E-state index < -0.39 is 0 Å². The Morgan fingerprint density at radius 1 is 1.35 bits per heavy atom. The van der Waals surface area contributed by atoms with Crippen molar-refractivity contribution in [1.82, 2.24) is 4.98 Å². The highest BCUT2D eigenvalue weighted by atomic mass is 79.9. The Bertz CT molecular complexity index is 760. The Morgan fingerprint density at radius 3 is 2.88 bits per heavy atom. The van der Waals surface area contributed by atoms with Crippen LogP contribution >= 0.6 is 28.3 Å². The summed E-state index contributed by atoms with van der Waals surface area (Å²) >= 11 is 1.27. The third kappa shape index (κ3) is 1.66. The van der Waals surface area contributed by atoms with Crippen molar-refractivity contribution in [2.45, 2.75) is 6.92 Å². The van der Waals surface area contributed by atoms with E-state index >= 15 is 0 Å². The molecular weight excluding hydrogens is 302 g/mol. The predicted molar refractivity (Wildman–Crippen MR) is 76.7 cm³/mol. The van der Waals surface area contributed by atoms with Crippen LogP contribution in [0.1, 0.15) is 5.56 Å². The topological polar surface area (TPSA) is 53.1 Å². The minimum absolute atomic E-state index is 0. The average Bonchev–Trinajstić information content (AvgIpc) is 2.64. The van der Waals surface area contributed by atoms with Crippen LogP contribution in [0.15, 0.2) is 28.4 Å². The summed E-state index contributed by atoms with van der Waals surface area (Å²) in [6.07, 6.45) is 0. The van der Waals surface area contributed by atoms with Crippen molar-refractivity contribution in [1.29, 1.82) is 0 Å². The first-order valence-electron chi connectivity index (χ1n) is 4.90. The zero-order chi connectivity index (χ0) is 11.3. The summed E-state index contributed by atoms with van der Waals surface area (Å²) in [5.41, 5.74) is 1.66. The molecule has 0 aliphatic heterocycles. The van der Waals surface area contributed by atoms with E-state index in [0.29, 0.717) is 10.1 Å². The highest BCUT2D eigenvalue weighted by molar-refractivity contribution is 8.93. The number of aromatic amines is 1. The van der Waals surface area contributed by atoms with Gasteiger partial charge in [0, 0.05) is 16.2 Å². The molecule has 0 aliphatic carbocycles. The molecule has 5 heteroatoms. The van der Waals surface area contributed by atoms with Gasteiger partial charge in [0.1, 0.15) is 10.4 Å². The summed E-state index contributed by atoms with van der Waals surface area (Å²) in [6, 6.07) is 5.77. The minimum Gasteiger partial charge on any atom is -0.506 e. The molecule has 17 heavy (non-hydrogen) atoms. The maximum Gasteiger partial charge on any atom is 0.266 e. The molecule has 88 valence electrons. The van der Waals surface area contributed by atoms with Gasteiger partial charge in [-0.05, 0) is 12.5 Å². The van der Waals surface area contributed by atoms with Gasteiger partial charge < -0.3 is 10.1 Å². The highest BCUT2D eigenvalue weighted by Gasteiger charge is 2.11. The molecule has 0 radical (unpaired) electrons. The molecule has 0 bridgehead atoms. The monoisotopic (exact) mass is 311 g/mol. The quantitative estimate of drug-likeness (QED) is 0.669. The first kappa shape index (κ1) is 12.1. The predicted octanol–water partition coefficient (Wildman–Crippen LogP) is 3.33. The summed E-state index contributed by atoms with van der Waals surface area (Å²) in [5.74, 6) is 0.182. The number of halogens is 1. The van der Waals surface area contributed by atoms with Crippen LogP contribution in [0, 0.1) is 6.92 Å². The van der Waals surface area contributed by atoms with E-state index in [0.717, 1.165) is 16.5 Å². The van der Waals surface area contributed by atoms with Crippen LogP contribution in [0.4, 0.5) is 0 Å². The van der Waals surface area contributed by atoms with Crippen molar-refractivity contribution < 1.29 is 5.11 Å². The highest BCUT2D eigenvalue weighted by Crippen LogP contribution is 2.34. The van der Waals surface area contributed by atoms with Crippen molar-refractivity contribution >= 4 is 49.3 Å². The lowest BCUT2D eigenvalue weighted by molar-refractivity contribution is 0.484. The molecule has 0 atom stereocenters. The van der Waals surface area contributed by atoms with Gasteiger partial charge >= 0.3 is 0 Å². The number of benzene rings is 1. The lowest BCUT2D eigenvalue weighted by Gasteiger charge is -2.03. The average molecular weight is 312 g/mol. The van der Waals surface area contributed by atoms with E-state index in [1.165, 1.54) is 11.3 Å². The van der Waals surface area contributed by atoms with Crippen LogP contribution < -0.4 is 5.56 Å². The molecule has 3 aromatic rings. The molecule has 2 aromatic heterocycles. The summed E-state index contributed by atoms with van der Waals surface area (Å²) < 4.78 is 0.579. The number of para-hydroxylation sites is 1. The molecule has 0 unspecified atom stereocenters. The smallest absolute Gasteiger partial charge is 0.266 e. The standard InChI is InChI=1S/C12H9NO2S.BrH/c1-6-3-2-4-7-9-8(14)5-16-11(9)12(15)13-10(6)7;/h2-5,14H,1H3,(H,13,15);1H. The van der Waals surface area contributed by atoms with E-state index in [4.69, 9.17) is 0 Å². The van der Waals surface area contributed by atoms with E-state index in [9.17, 15) is 9.90 Å². The number of pyridine rings is 1. The number of aromatic nitrogens is 1. The van der Waals surface area contributed by atoms with Gasteiger partial charge in [0.05, 0.1) is 5.52 Å². The molecule has 0 aliphatic rings. The second-order valence-electron chi connectivity index (χ2n) is 3.78. The van der Waals surface area contributed by atoms with Gasteiger partial charge in [0.15, 0.2) is 0 Å². The van der Waals surface area contributed by atoms with Crippen LogP contribution in [0.25, 0.3) is 21.0 Å². The molecule has 2 heterocycles. The maximum absolute atomic E-state index is 11.8. The van der Waals surface area contributed by atoms with Crippen LogP contribution in [0.5, 0.6) is 5.75 Å². The molecular formula is C12H10BrNO2S. The Labute approximate surface area is 111 Å². The molecule has 2 N–H and O–H groups in total. The number of nitrogens with one attached hydrogen (secondary N) is 1. The largest absolute Gasteiger partial charge is 0.506 e. The Morgan fingerprint density at radius 2 is 2.12 bits per heavy atom. The van der Waals surface area contributed by atoms with E-state index in [-0.39, 0.29) is 28.3 Å². The molecule has 0 saturated carbocycles. The fourth-order valence-electron chi connectivity index (χ4n) is 1.99. The molecule has 0 spiro atoms. The lowest BCUT2D eigenvalue weighted by atomic mass is 10.1. The van der Waals surface area contributed by atoms with Crippen molar-refractivity contribution in [2.75, 3.05) is 0 Å². The fraction of sp³-hybridized carbons (Fsp3) is 0.0833. The fourth-order valence-corrected chi connectivity index (χ4v) is 2.83. The summed E-state index contributed by atoms with van der Waals surface area (Å²) in [4.78, 5) is 14.7. The normalized spacial score (nSPS) is 10.6. The Balaban J connectivity index is 0.00000108. The number of hydrogen-bond donors (Lipinski definition) is 2. The van der Waals surface area contributed by atoms with E-state index in [1.54, 1.807) is 5.38 Å². The molecule has 0 amide bonds. The van der Waals surface area contributed by atoms with Gasteiger partial charge in [-0.2, -0.15) is 0 Å². The van der Waals surface area contributed by atoms with Crippen molar-refractivity contribution in [3.8, 4) is 5.75 Å². The third-order valence-electron chi connectivity index (χ3n) is 2.76. The van der Waals surface area contributed by atoms with Crippen LogP contribution in [-0.2, 0) is 0 Å². The van der Waals surface area contributed by atoms with Gasteiger partial charge in [-0.15, -0.1) is 28.3 Å². The molecule has 1 aromatic carbocycles. The number of aryl methyl sites for hydroxylation is 1. The van der Waals surface area contributed by atoms with Gasteiger partial charge in [0.25, 0.3) is 5.56 Å². The Kier molecular flexibility index (Phi) is 2.97. The summed E-state index contributed by atoms with van der Waals surface area (Å²) in [6.45, 7) is 1.94. The number of fused-ring (bicyclic) bond motifs is 3. The van der Waals surface area contributed by atoms with Gasteiger partial charge in [0.2, 0.25) is 0 Å². The van der Waals surface area contributed by atoms with Gasteiger partial charge in [-0.1, -0.05) is 18.2 Å². The first-order valence-corrected chi connectivity index (χ1v) is 5.78. The van der Waals surface area contributed by atoms with E-state index in [2.05, 4.69) is 4.98 Å². The second kappa shape index (κ2) is 4.16. The van der Waals surface area contributed by atoms with E-state index in [1.807, 2.05) is 25.1 Å². The van der Waals surface area contributed by atoms with Crippen molar-refractivity contribution in [3.05, 3.63) is 39.5 Å². The zero-order valence-electron chi connectivity index (χ0n) is 8.98. The number of H-pyrrole nitrogens is 1. The third-order valence-corrected chi connectivity index (χ3v) is 3.72. The number of hydrogen-bond acceptors (Lipinski definition) is 3. The van der Waals surface area contributed by atoms with Gasteiger partial charge in [-0.25, -0.2) is 0 Å². The first-order chi connectivity index (χ1) is 7.68. The Hall–Kier alpha value is -1.33.